The zero-order valence-corrected chi connectivity index (χ0v) is 9.86. The number of hydrogen-bond donors (Lipinski definition) is 1. The van der Waals surface area contributed by atoms with Crippen molar-refractivity contribution in [3.63, 3.8) is 0 Å². The zero-order chi connectivity index (χ0) is 9.68. The first-order chi connectivity index (χ1) is 6.18. The molecule has 1 fully saturated rings. The molecule has 1 aliphatic rings. The van der Waals surface area contributed by atoms with E-state index in [0.29, 0.717) is 0 Å². The van der Waals surface area contributed by atoms with E-state index in [1.54, 1.807) is 0 Å². The molecule has 2 nitrogen and oxygen atoms in total. The number of rotatable bonds is 4. The molecule has 0 aromatic carbocycles. The highest BCUT2D eigenvalue weighted by Gasteiger charge is 2.13. The molecule has 1 saturated heterocycles. The maximum absolute atomic E-state index is 3.38. The minimum absolute atomic E-state index is 0.762. The second-order valence-electron chi connectivity index (χ2n) is 4.05. The highest BCUT2D eigenvalue weighted by atomic mass is 32.2. The van der Waals surface area contributed by atoms with Gasteiger partial charge in [0.2, 0.25) is 0 Å². The van der Waals surface area contributed by atoms with Crippen LogP contribution in [0.3, 0.4) is 0 Å². The van der Waals surface area contributed by atoms with Gasteiger partial charge in [0, 0.05) is 38.0 Å². The fourth-order valence-corrected chi connectivity index (χ4v) is 2.99. The van der Waals surface area contributed by atoms with Gasteiger partial charge in [0.25, 0.3) is 0 Å². The van der Waals surface area contributed by atoms with Gasteiger partial charge < -0.3 is 5.32 Å². The van der Waals surface area contributed by atoms with Crippen LogP contribution in [0, 0.1) is 0 Å². The van der Waals surface area contributed by atoms with E-state index in [0.717, 1.165) is 10.5 Å². The third-order valence-electron chi connectivity index (χ3n) is 2.23. The lowest BCUT2D eigenvalue weighted by Crippen LogP contribution is -2.45. The van der Waals surface area contributed by atoms with Gasteiger partial charge in [0.15, 0.2) is 0 Å². The largest absolute Gasteiger partial charge is 0.314 e. The SMILES string of the molecule is CC(C)SC(C)CN1CCNCC1. The standard InChI is InChI=1S/C10H22N2S/c1-9(2)13-10(3)8-12-6-4-11-5-7-12/h9-11H,4-8H2,1-3H3. The van der Waals surface area contributed by atoms with E-state index in [4.69, 9.17) is 0 Å². The first-order valence-electron chi connectivity index (χ1n) is 5.27. The van der Waals surface area contributed by atoms with Gasteiger partial charge in [0.05, 0.1) is 0 Å². The third kappa shape index (κ3) is 4.89. The maximum Gasteiger partial charge on any atom is 0.0149 e. The summed E-state index contributed by atoms with van der Waals surface area (Å²) in [6.07, 6.45) is 0. The van der Waals surface area contributed by atoms with Gasteiger partial charge in [-0.15, -0.1) is 0 Å². The molecular formula is C10H22N2S. The van der Waals surface area contributed by atoms with Crippen molar-refractivity contribution < 1.29 is 0 Å². The Balaban J connectivity index is 2.14. The summed E-state index contributed by atoms with van der Waals surface area (Å²) in [6, 6.07) is 0. The Kier molecular flexibility index (Phi) is 5.14. The van der Waals surface area contributed by atoms with E-state index in [1.807, 2.05) is 0 Å². The second kappa shape index (κ2) is 5.89. The molecule has 1 heterocycles. The van der Waals surface area contributed by atoms with Crippen molar-refractivity contribution in [3.05, 3.63) is 0 Å². The van der Waals surface area contributed by atoms with Crippen LogP contribution in [0.15, 0.2) is 0 Å². The van der Waals surface area contributed by atoms with Gasteiger partial charge in [-0.25, -0.2) is 0 Å². The molecule has 3 heteroatoms. The summed E-state index contributed by atoms with van der Waals surface area (Å²) in [5.74, 6) is 0. The Labute approximate surface area is 86.5 Å². The van der Waals surface area contributed by atoms with Crippen LogP contribution in [0.2, 0.25) is 0 Å². The first-order valence-corrected chi connectivity index (χ1v) is 6.21. The Morgan fingerprint density at radius 2 is 1.85 bits per heavy atom. The topological polar surface area (TPSA) is 15.3 Å². The van der Waals surface area contributed by atoms with Crippen LogP contribution in [0.5, 0.6) is 0 Å². The molecule has 0 aromatic rings. The van der Waals surface area contributed by atoms with E-state index in [-0.39, 0.29) is 0 Å². The molecule has 1 unspecified atom stereocenters. The van der Waals surface area contributed by atoms with Crippen LogP contribution in [-0.4, -0.2) is 48.1 Å². The number of nitrogens with zero attached hydrogens (tertiary/aromatic N) is 1. The predicted octanol–water partition coefficient (Wildman–Crippen LogP) is 1.42. The van der Waals surface area contributed by atoms with Crippen molar-refractivity contribution in [1.29, 1.82) is 0 Å². The quantitative estimate of drug-likeness (QED) is 0.742. The maximum atomic E-state index is 3.38. The average Bonchev–Trinajstić information content (AvgIpc) is 2.04. The number of piperazine rings is 1. The second-order valence-corrected chi connectivity index (χ2v) is 6.07. The summed E-state index contributed by atoms with van der Waals surface area (Å²) in [7, 11) is 0. The molecule has 1 aliphatic heterocycles. The van der Waals surface area contributed by atoms with E-state index >= 15 is 0 Å². The molecule has 13 heavy (non-hydrogen) atoms. The van der Waals surface area contributed by atoms with Gasteiger partial charge in [-0.2, -0.15) is 11.8 Å². The fourth-order valence-electron chi connectivity index (χ4n) is 1.76. The van der Waals surface area contributed by atoms with E-state index in [2.05, 4.69) is 42.7 Å². The minimum atomic E-state index is 0.762. The summed E-state index contributed by atoms with van der Waals surface area (Å²) in [5.41, 5.74) is 0. The lowest BCUT2D eigenvalue weighted by atomic mass is 10.3. The average molecular weight is 202 g/mol. The van der Waals surface area contributed by atoms with Crippen molar-refractivity contribution in [2.75, 3.05) is 32.7 Å². The molecule has 1 N–H and O–H groups in total. The molecule has 0 aliphatic carbocycles. The molecule has 0 amide bonds. The lowest BCUT2D eigenvalue weighted by molar-refractivity contribution is 0.244. The van der Waals surface area contributed by atoms with Crippen LogP contribution in [0.25, 0.3) is 0 Å². The lowest BCUT2D eigenvalue weighted by Gasteiger charge is -2.29. The van der Waals surface area contributed by atoms with Gasteiger partial charge in [0.1, 0.15) is 0 Å². The smallest absolute Gasteiger partial charge is 0.0149 e. The third-order valence-corrected chi connectivity index (χ3v) is 3.39. The Hall–Kier alpha value is 0.270. The van der Waals surface area contributed by atoms with Crippen LogP contribution in [0.1, 0.15) is 20.8 Å². The van der Waals surface area contributed by atoms with Crippen LogP contribution < -0.4 is 5.32 Å². The molecule has 0 bridgehead atoms. The normalized spacial score (nSPS) is 22.2. The Morgan fingerprint density at radius 3 is 2.38 bits per heavy atom. The number of hydrogen-bond acceptors (Lipinski definition) is 3. The molecule has 0 aromatic heterocycles. The summed E-state index contributed by atoms with van der Waals surface area (Å²) in [6.45, 7) is 12.9. The molecule has 0 spiro atoms. The fraction of sp³-hybridized carbons (Fsp3) is 1.00. The van der Waals surface area contributed by atoms with Gasteiger partial charge >= 0.3 is 0 Å². The molecule has 1 rings (SSSR count). The highest BCUT2D eigenvalue weighted by Crippen LogP contribution is 2.17. The summed E-state index contributed by atoms with van der Waals surface area (Å²) in [4.78, 5) is 2.57. The van der Waals surface area contributed by atoms with E-state index in [9.17, 15) is 0 Å². The van der Waals surface area contributed by atoms with Crippen LogP contribution in [-0.2, 0) is 0 Å². The zero-order valence-electron chi connectivity index (χ0n) is 9.05. The predicted molar refractivity (Wildman–Crippen MR) is 61.5 cm³/mol. The van der Waals surface area contributed by atoms with Crippen molar-refractivity contribution in [2.24, 2.45) is 0 Å². The van der Waals surface area contributed by atoms with E-state index < -0.39 is 0 Å². The summed E-state index contributed by atoms with van der Waals surface area (Å²) in [5, 5.41) is 4.92. The number of nitrogens with one attached hydrogen (secondary N) is 1. The number of thioether (sulfide) groups is 1. The molecule has 78 valence electrons. The Morgan fingerprint density at radius 1 is 1.23 bits per heavy atom. The van der Waals surface area contributed by atoms with Crippen molar-refractivity contribution in [2.45, 2.75) is 31.3 Å². The van der Waals surface area contributed by atoms with Crippen molar-refractivity contribution in [3.8, 4) is 0 Å². The van der Waals surface area contributed by atoms with E-state index in [1.165, 1.54) is 32.7 Å². The van der Waals surface area contributed by atoms with Gasteiger partial charge in [-0.05, 0) is 5.25 Å². The highest BCUT2D eigenvalue weighted by molar-refractivity contribution is 8.00. The first kappa shape index (κ1) is 11.3. The molecular weight excluding hydrogens is 180 g/mol. The monoisotopic (exact) mass is 202 g/mol. The van der Waals surface area contributed by atoms with Gasteiger partial charge in [-0.1, -0.05) is 20.8 Å². The molecule has 0 saturated carbocycles. The van der Waals surface area contributed by atoms with Crippen LogP contribution in [0.4, 0.5) is 0 Å². The van der Waals surface area contributed by atoms with Crippen molar-refractivity contribution >= 4 is 11.8 Å². The molecule has 1 atom stereocenters. The van der Waals surface area contributed by atoms with Gasteiger partial charge in [-0.3, -0.25) is 4.90 Å². The molecule has 0 radical (unpaired) electrons. The summed E-state index contributed by atoms with van der Waals surface area (Å²) >= 11 is 2.09. The Bertz CT molecular complexity index is 133. The van der Waals surface area contributed by atoms with Crippen LogP contribution >= 0.6 is 11.8 Å². The minimum Gasteiger partial charge on any atom is -0.314 e. The van der Waals surface area contributed by atoms with Crippen molar-refractivity contribution in [1.82, 2.24) is 10.2 Å². The summed E-state index contributed by atoms with van der Waals surface area (Å²) < 4.78 is 0.